The average molecular weight is 411 g/mol. The molecule has 0 unspecified atom stereocenters. The first-order valence-corrected chi connectivity index (χ1v) is 9.06. The zero-order valence-electron chi connectivity index (χ0n) is 17.0. The first kappa shape index (κ1) is 20.8. The van der Waals surface area contributed by atoms with E-state index >= 15 is 0 Å². The number of rotatable bonds is 5. The number of benzene rings is 1. The lowest BCUT2D eigenvalue weighted by Crippen LogP contribution is -2.36. The van der Waals surface area contributed by atoms with Crippen molar-refractivity contribution in [2.45, 2.75) is 13.8 Å². The van der Waals surface area contributed by atoms with Crippen LogP contribution in [-0.2, 0) is 19.1 Å². The highest BCUT2D eigenvalue weighted by molar-refractivity contribution is 6.15. The third-order valence-corrected chi connectivity index (χ3v) is 4.79. The van der Waals surface area contributed by atoms with Crippen LogP contribution in [0.15, 0.2) is 36.0 Å². The van der Waals surface area contributed by atoms with Crippen LogP contribution in [-0.4, -0.2) is 54.1 Å². The second-order valence-corrected chi connectivity index (χ2v) is 6.66. The number of urea groups is 1. The number of carbonyl (C=O) groups excluding carboxylic acids is 4. The van der Waals surface area contributed by atoms with Gasteiger partial charge in [0, 0.05) is 17.1 Å². The number of methoxy groups -OCH3 is 2. The van der Waals surface area contributed by atoms with E-state index in [2.05, 4.69) is 10.1 Å². The highest BCUT2D eigenvalue weighted by atomic mass is 16.5. The quantitative estimate of drug-likeness (QED) is 0.458. The average Bonchev–Trinajstić information content (AvgIpc) is 3.16. The molecule has 0 bridgehead atoms. The van der Waals surface area contributed by atoms with Crippen molar-refractivity contribution in [2.24, 2.45) is 0 Å². The molecule has 3 rings (SSSR count). The van der Waals surface area contributed by atoms with Crippen LogP contribution in [0.25, 0.3) is 11.8 Å². The van der Waals surface area contributed by atoms with Gasteiger partial charge in [0.1, 0.15) is 12.2 Å². The second kappa shape index (κ2) is 8.24. The Bertz CT molecular complexity index is 1070. The number of ether oxygens (including phenoxy) is 2. The highest BCUT2D eigenvalue weighted by Crippen LogP contribution is 2.24. The van der Waals surface area contributed by atoms with E-state index in [1.165, 1.54) is 14.2 Å². The molecular formula is C21H21N3O6. The lowest BCUT2D eigenvalue weighted by molar-refractivity contribution is -0.143. The van der Waals surface area contributed by atoms with Crippen molar-refractivity contribution >= 4 is 30.0 Å². The number of aromatic nitrogens is 1. The van der Waals surface area contributed by atoms with E-state index in [1.54, 1.807) is 30.3 Å². The van der Waals surface area contributed by atoms with Crippen molar-refractivity contribution in [3.8, 4) is 5.69 Å². The number of hydrogen-bond acceptors (Lipinski definition) is 6. The van der Waals surface area contributed by atoms with Crippen molar-refractivity contribution in [2.75, 3.05) is 20.8 Å². The maximum Gasteiger partial charge on any atom is 0.337 e. The summed E-state index contributed by atoms with van der Waals surface area (Å²) in [5.41, 5.74) is 3.80. The van der Waals surface area contributed by atoms with Gasteiger partial charge in [0.15, 0.2) is 0 Å². The van der Waals surface area contributed by atoms with Crippen LogP contribution in [0.5, 0.6) is 0 Å². The number of carbonyl (C=O) groups is 4. The second-order valence-electron chi connectivity index (χ2n) is 6.66. The van der Waals surface area contributed by atoms with Crippen molar-refractivity contribution in [1.82, 2.24) is 14.8 Å². The number of aryl methyl sites for hydroxylation is 1. The zero-order chi connectivity index (χ0) is 22.0. The minimum atomic E-state index is -0.687. The summed E-state index contributed by atoms with van der Waals surface area (Å²) in [4.78, 5) is 48.4. The Balaban J connectivity index is 1.91. The molecule has 1 fully saturated rings. The SMILES string of the molecule is COC(=O)CN1C(=O)N/C(=C/c2cc(C)n(-c3ccc(C(=O)OC)cc3)c2C)C1=O. The number of nitrogens with zero attached hydrogens (tertiary/aromatic N) is 2. The summed E-state index contributed by atoms with van der Waals surface area (Å²) in [6.45, 7) is 3.33. The van der Waals surface area contributed by atoms with E-state index in [0.29, 0.717) is 5.56 Å². The molecule has 1 aromatic carbocycles. The van der Waals surface area contributed by atoms with E-state index in [-0.39, 0.29) is 5.70 Å². The van der Waals surface area contributed by atoms with Gasteiger partial charge < -0.3 is 19.4 Å². The first-order chi connectivity index (χ1) is 14.3. The normalized spacial score (nSPS) is 14.8. The fourth-order valence-electron chi connectivity index (χ4n) is 3.26. The summed E-state index contributed by atoms with van der Waals surface area (Å²) in [6.07, 6.45) is 1.57. The zero-order valence-corrected chi connectivity index (χ0v) is 17.0. The molecule has 1 saturated heterocycles. The van der Waals surface area contributed by atoms with Crippen molar-refractivity contribution < 1.29 is 28.7 Å². The molecule has 1 aromatic heterocycles. The molecule has 0 radical (unpaired) electrons. The molecule has 30 heavy (non-hydrogen) atoms. The maximum absolute atomic E-state index is 12.5. The van der Waals surface area contributed by atoms with Crippen LogP contribution in [0.2, 0.25) is 0 Å². The van der Waals surface area contributed by atoms with Gasteiger partial charge in [0.05, 0.1) is 19.8 Å². The fraction of sp³-hybridized carbons (Fsp3) is 0.238. The van der Waals surface area contributed by atoms with Crippen LogP contribution in [0.1, 0.15) is 27.3 Å². The van der Waals surface area contributed by atoms with Crippen molar-refractivity contribution in [3.63, 3.8) is 0 Å². The molecule has 9 heteroatoms. The monoisotopic (exact) mass is 411 g/mol. The Morgan fingerprint density at radius 3 is 2.33 bits per heavy atom. The molecule has 3 amide bonds. The third-order valence-electron chi connectivity index (χ3n) is 4.79. The van der Waals surface area contributed by atoms with Gasteiger partial charge in [-0.15, -0.1) is 0 Å². The van der Waals surface area contributed by atoms with Crippen molar-refractivity contribution in [1.29, 1.82) is 0 Å². The van der Waals surface area contributed by atoms with Crippen LogP contribution >= 0.6 is 0 Å². The van der Waals surface area contributed by atoms with Gasteiger partial charge in [0.25, 0.3) is 5.91 Å². The van der Waals surface area contributed by atoms with Gasteiger partial charge in [-0.05, 0) is 55.8 Å². The topological polar surface area (TPSA) is 107 Å². The largest absolute Gasteiger partial charge is 0.468 e. The predicted molar refractivity (Wildman–Crippen MR) is 107 cm³/mol. The third kappa shape index (κ3) is 3.82. The summed E-state index contributed by atoms with van der Waals surface area (Å²) in [6, 6.07) is 8.13. The van der Waals surface area contributed by atoms with Crippen LogP contribution < -0.4 is 5.32 Å². The predicted octanol–water partition coefficient (Wildman–Crippen LogP) is 1.95. The van der Waals surface area contributed by atoms with Gasteiger partial charge in [0.2, 0.25) is 0 Å². The lowest BCUT2D eigenvalue weighted by atomic mass is 10.2. The molecule has 9 nitrogen and oxygen atoms in total. The Morgan fingerprint density at radius 2 is 1.73 bits per heavy atom. The Hall–Kier alpha value is -3.88. The van der Waals surface area contributed by atoms with E-state index in [0.717, 1.165) is 27.5 Å². The molecule has 2 aromatic rings. The molecule has 0 atom stereocenters. The number of esters is 2. The Kier molecular flexibility index (Phi) is 5.72. The molecule has 0 saturated carbocycles. The molecule has 2 heterocycles. The maximum atomic E-state index is 12.5. The minimum Gasteiger partial charge on any atom is -0.468 e. The van der Waals surface area contributed by atoms with Crippen molar-refractivity contribution in [3.05, 3.63) is 58.5 Å². The van der Waals surface area contributed by atoms with Gasteiger partial charge in [-0.3, -0.25) is 9.59 Å². The number of imide groups is 1. The first-order valence-electron chi connectivity index (χ1n) is 9.06. The number of hydrogen-bond donors (Lipinski definition) is 1. The molecule has 1 aliphatic rings. The van der Waals surface area contributed by atoms with Crippen LogP contribution in [0.3, 0.4) is 0 Å². The molecule has 0 spiro atoms. The Labute approximate surface area is 172 Å². The summed E-state index contributed by atoms with van der Waals surface area (Å²) in [5, 5.41) is 2.48. The van der Waals surface area contributed by atoms with E-state index < -0.39 is 30.4 Å². The number of nitrogens with one attached hydrogen (secondary N) is 1. The smallest absolute Gasteiger partial charge is 0.337 e. The van der Waals surface area contributed by atoms with Gasteiger partial charge in [-0.1, -0.05) is 0 Å². The Morgan fingerprint density at radius 1 is 1.07 bits per heavy atom. The summed E-state index contributed by atoms with van der Waals surface area (Å²) >= 11 is 0. The van der Waals surface area contributed by atoms with Gasteiger partial charge in [-0.2, -0.15) is 0 Å². The van der Waals surface area contributed by atoms with Gasteiger partial charge in [-0.25, -0.2) is 14.5 Å². The fourth-order valence-corrected chi connectivity index (χ4v) is 3.26. The van der Waals surface area contributed by atoms with E-state index in [1.807, 2.05) is 24.5 Å². The van der Waals surface area contributed by atoms with Gasteiger partial charge >= 0.3 is 18.0 Å². The molecule has 1 aliphatic heterocycles. The summed E-state index contributed by atoms with van der Waals surface area (Å²) in [5.74, 6) is -1.70. The standard InChI is InChI=1S/C21H21N3O6/c1-12-9-15(10-17-19(26)23(21(28)22-17)11-18(25)29-3)13(2)24(12)16-7-5-14(6-8-16)20(27)30-4/h5-10H,11H2,1-4H3,(H,22,28)/b17-10+. The highest BCUT2D eigenvalue weighted by Gasteiger charge is 2.35. The minimum absolute atomic E-state index is 0.0743. The van der Waals surface area contributed by atoms with E-state index in [9.17, 15) is 19.2 Å². The summed E-state index contributed by atoms with van der Waals surface area (Å²) < 4.78 is 11.2. The lowest BCUT2D eigenvalue weighted by Gasteiger charge is -2.10. The summed E-state index contributed by atoms with van der Waals surface area (Å²) in [7, 11) is 2.51. The van der Waals surface area contributed by atoms with Crippen LogP contribution in [0.4, 0.5) is 4.79 Å². The van der Waals surface area contributed by atoms with E-state index in [4.69, 9.17) is 4.74 Å². The molecule has 1 N–H and O–H groups in total. The number of amides is 3. The molecule has 0 aliphatic carbocycles. The van der Waals surface area contributed by atoms with Crippen LogP contribution in [0, 0.1) is 13.8 Å². The molecular weight excluding hydrogens is 390 g/mol. The molecule has 156 valence electrons.